The van der Waals surface area contributed by atoms with Crippen molar-refractivity contribution < 1.29 is 5.11 Å². The summed E-state index contributed by atoms with van der Waals surface area (Å²) in [5.74, 6) is 1.23. The molecule has 17 heavy (non-hydrogen) atoms. The van der Waals surface area contributed by atoms with E-state index in [1.54, 1.807) is 0 Å². The average molecular weight is 237 g/mol. The smallest absolute Gasteiger partial charge is 0.0945 e. The predicted molar refractivity (Wildman–Crippen MR) is 67.6 cm³/mol. The lowest BCUT2D eigenvalue weighted by Gasteiger charge is -2.17. The van der Waals surface area contributed by atoms with Gasteiger partial charge in [-0.2, -0.15) is 0 Å². The molecule has 1 aromatic heterocycles. The third-order valence-electron chi connectivity index (χ3n) is 3.79. The summed E-state index contributed by atoms with van der Waals surface area (Å²) in [6.45, 7) is 3.50. The maximum Gasteiger partial charge on any atom is 0.0945 e. The molecule has 2 unspecified atom stereocenters. The van der Waals surface area contributed by atoms with Crippen molar-refractivity contribution in [3.05, 3.63) is 18.7 Å². The summed E-state index contributed by atoms with van der Waals surface area (Å²) >= 11 is 0. The van der Waals surface area contributed by atoms with Crippen molar-refractivity contribution in [1.29, 1.82) is 0 Å². The van der Waals surface area contributed by atoms with Crippen molar-refractivity contribution in [1.82, 2.24) is 14.9 Å². The Morgan fingerprint density at radius 1 is 1.35 bits per heavy atom. The molecule has 1 aliphatic carbocycles. The quantitative estimate of drug-likeness (QED) is 0.702. The lowest BCUT2D eigenvalue weighted by Crippen LogP contribution is -2.27. The van der Waals surface area contributed by atoms with Crippen LogP contribution >= 0.6 is 0 Å². The Morgan fingerprint density at radius 3 is 3.00 bits per heavy atom. The minimum absolute atomic E-state index is 0.362. The summed E-state index contributed by atoms with van der Waals surface area (Å²) in [4.78, 5) is 4.02. The van der Waals surface area contributed by atoms with Gasteiger partial charge in [-0.15, -0.1) is 0 Å². The summed E-state index contributed by atoms with van der Waals surface area (Å²) in [6.07, 6.45) is 10.6. The maximum absolute atomic E-state index is 9.23. The summed E-state index contributed by atoms with van der Waals surface area (Å²) in [6, 6.07) is 0. The fraction of sp³-hybridized carbons (Fsp3) is 0.769. The van der Waals surface area contributed by atoms with E-state index in [0.29, 0.717) is 18.4 Å². The van der Waals surface area contributed by atoms with Gasteiger partial charge in [-0.05, 0) is 44.2 Å². The Balaban J connectivity index is 1.54. The Bertz CT molecular complexity index is 300. The summed E-state index contributed by atoms with van der Waals surface area (Å²) in [7, 11) is 0. The number of imidazole rings is 1. The number of aliphatic hydroxyl groups is 1. The minimum atomic E-state index is 0.362. The van der Waals surface area contributed by atoms with Crippen molar-refractivity contribution in [2.75, 3.05) is 19.7 Å². The van der Waals surface area contributed by atoms with Gasteiger partial charge in [-0.1, -0.05) is 6.42 Å². The Morgan fingerprint density at radius 2 is 2.24 bits per heavy atom. The van der Waals surface area contributed by atoms with Gasteiger partial charge in [0.1, 0.15) is 0 Å². The Hall–Kier alpha value is -0.870. The highest BCUT2D eigenvalue weighted by molar-refractivity contribution is 4.78. The van der Waals surface area contributed by atoms with Crippen LogP contribution in [-0.2, 0) is 6.54 Å². The second-order valence-electron chi connectivity index (χ2n) is 4.99. The second-order valence-corrected chi connectivity index (χ2v) is 4.99. The second kappa shape index (κ2) is 6.77. The SMILES string of the molecule is OCC1CCCC1CNCCCn1ccnc1. The monoisotopic (exact) mass is 237 g/mol. The standard InChI is InChI=1S/C13H23N3O/c17-10-13-4-1-3-12(13)9-14-5-2-7-16-8-6-15-11-16/h6,8,11-14,17H,1-5,7,9-10H2. The topological polar surface area (TPSA) is 50.1 Å². The van der Waals surface area contributed by atoms with Crippen LogP contribution in [0.25, 0.3) is 0 Å². The normalized spacial score (nSPS) is 24.3. The number of nitrogens with zero attached hydrogens (tertiary/aromatic N) is 2. The molecule has 0 aromatic carbocycles. The van der Waals surface area contributed by atoms with Gasteiger partial charge >= 0.3 is 0 Å². The molecule has 1 heterocycles. The molecule has 1 fully saturated rings. The molecule has 0 bridgehead atoms. The molecule has 0 saturated heterocycles. The fourth-order valence-electron chi connectivity index (χ4n) is 2.72. The summed E-state index contributed by atoms with van der Waals surface area (Å²) < 4.78 is 2.10. The van der Waals surface area contributed by atoms with Gasteiger partial charge in [0.15, 0.2) is 0 Å². The van der Waals surface area contributed by atoms with Crippen LogP contribution in [0.3, 0.4) is 0 Å². The zero-order valence-corrected chi connectivity index (χ0v) is 10.4. The predicted octanol–water partition coefficient (Wildman–Crippen LogP) is 1.27. The van der Waals surface area contributed by atoms with Gasteiger partial charge in [0.25, 0.3) is 0 Å². The van der Waals surface area contributed by atoms with Crippen molar-refractivity contribution in [3.63, 3.8) is 0 Å². The molecule has 4 nitrogen and oxygen atoms in total. The van der Waals surface area contributed by atoms with E-state index in [0.717, 1.165) is 26.1 Å². The molecule has 0 spiro atoms. The lowest BCUT2D eigenvalue weighted by atomic mass is 9.97. The van der Waals surface area contributed by atoms with Gasteiger partial charge in [-0.3, -0.25) is 0 Å². The zero-order valence-electron chi connectivity index (χ0n) is 10.4. The molecule has 96 valence electrons. The largest absolute Gasteiger partial charge is 0.396 e. The fourth-order valence-corrected chi connectivity index (χ4v) is 2.72. The molecule has 2 rings (SSSR count). The number of nitrogens with one attached hydrogen (secondary N) is 1. The van der Waals surface area contributed by atoms with Gasteiger partial charge in [0, 0.05) is 25.5 Å². The van der Waals surface area contributed by atoms with Crippen molar-refractivity contribution in [2.45, 2.75) is 32.2 Å². The van der Waals surface area contributed by atoms with Crippen LogP contribution in [0.15, 0.2) is 18.7 Å². The minimum Gasteiger partial charge on any atom is -0.396 e. The first-order chi connectivity index (χ1) is 8.40. The van der Waals surface area contributed by atoms with E-state index < -0.39 is 0 Å². The number of hydrogen-bond acceptors (Lipinski definition) is 3. The third-order valence-corrected chi connectivity index (χ3v) is 3.79. The molecular formula is C13H23N3O. The molecule has 0 radical (unpaired) electrons. The molecule has 1 aromatic rings. The molecule has 2 atom stereocenters. The van der Waals surface area contributed by atoms with E-state index in [2.05, 4.69) is 14.9 Å². The first-order valence-electron chi connectivity index (χ1n) is 6.67. The van der Waals surface area contributed by atoms with Gasteiger partial charge < -0.3 is 15.0 Å². The highest BCUT2D eigenvalue weighted by Crippen LogP contribution is 2.30. The average Bonchev–Trinajstić information content (AvgIpc) is 2.98. The van der Waals surface area contributed by atoms with E-state index in [1.165, 1.54) is 19.3 Å². The molecule has 1 aliphatic rings. The number of hydrogen-bond donors (Lipinski definition) is 2. The molecule has 1 saturated carbocycles. The molecule has 2 N–H and O–H groups in total. The maximum atomic E-state index is 9.23. The Labute approximate surface area is 103 Å². The molecular weight excluding hydrogens is 214 g/mol. The van der Waals surface area contributed by atoms with Crippen LogP contribution in [0, 0.1) is 11.8 Å². The van der Waals surface area contributed by atoms with E-state index >= 15 is 0 Å². The van der Waals surface area contributed by atoms with E-state index in [4.69, 9.17) is 0 Å². The first kappa shape index (κ1) is 12.6. The molecule has 0 amide bonds. The van der Waals surface area contributed by atoms with Crippen LogP contribution in [0.5, 0.6) is 0 Å². The van der Waals surface area contributed by atoms with Crippen molar-refractivity contribution >= 4 is 0 Å². The van der Waals surface area contributed by atoms with Crippen LogP contribution < -0.4 is 5.32 Å². The van der Waals surface area contributed by atoms with Crippen molar-refractivity contribution in [3.8, 4) is 0 Å². The van der Waals surface area contributed by atoms with Gasteiger partial charge in [0.05, 0.1) is 6.33 Å². The van der Waals surface area contributed by atoms with E-state index in [-0.39, 0.29) is 0 Å². The first-order valence-corrected chi connectivity index (χ1v) is 6.67. The zero-order chi connectivity index (χ0) is 11.9. The van der Waals surface area contributed by atoms with Crippen LogP contribution in [0.4, 0.5) is 0 Å². The molecule has 4 heteroatoms. The third kappa shape index (κ3) is 3.82. The van der Waals surface area contributed by atoms with Gasteiger partial charge in [0.2, 0.25) is 0 Å². The number of aromatic nitrogens is 2. The highest BCUT2D eigenvalue weighted by atomic mass is 16.3. The van der Waals surface area contributed by atoms with E-state index in [1.807, 2.05) is 18.7 Å². The number of aliphatic hydroxyl groups excluding tert-OH is 1. The van der Waals surface area contributed by atoms with Crippen LogP contribution in [0.2, 0.25) is 0 Å². The Kier molecular flexibility index (Phi) is 5.01. The lowest BCUT2D eigenvalue weighted by molar-refractivity contribution is 0.192. The highest BCUT2D eigenvalue weighted by Gasteiger charge is 2.25. The number of aryl methyl sites for hydroxylation is 1. The summed E-state index contributed by atoms with van der Waals surface area (Å²) in [5, 5.41) is 12.7. The van der Waals surface area contributed by atoms with E-state index in [9.17, 15) is 5.11 Å². The summed E-state index contributed by atoms with van der Waals surface area (Å²) in [5.41, 5.74) is 0. The van der Waals surface area contributed by atoms with Crippen LogP contribution in [-0.4, -0.2) is 34.4 Å². The number of rotatable bonds is 7. The molecule has 0 aliphatic heterocycles. The van der Waals surface area contributed by atoms with Crippen LogP contribution in [0.1, 0.15) is 25.7 Å². The van der Waals surface area contributed by atoms with Crippen molar-refractivity contribution in [2.24, 2.45) is 11.8 Å². The van der Waals surface area contributed by atoms with Gasteiger partial charge in [-0.25, -0.2) is 4.98 Å².